The molecule has 1 fully saturated rings. The van der Waals surface area contributed by atoms with E-state index >= 15 is 0 Å². The molecule has 100 valence electrons. The molecule has 2 N–H and O–H groups in total. The summed E-state index contributed by atoms with van der Waals surface area (Å²) in [6.07, 6.45) is 2.31. The maximum absolute atomic E-state index is 6.04. The molecule has 0 radical (unpaired) electrons. The Morgan fingerprint density at radius 1 is 1.39 bits per heavy atom. The van der Waals surface area contributed by atoms with Crippen molar-refractivity contribution in [1.29, 1.82) is 0 Å². The molecular formula is C15H24N2O. The number of methoxy groups -OCH3 is 1. The maximum atomic E-state index is 6.04. The number of rotatable bonds is 3. The smallest absolute Gasteiger partial charge is 0.124 e. The molecule has 1 aromatic carbocycles. The minimum absolute atomic E-state index is 0.300. The van der Waals surface area contributed by atoms with Gasteiger partial charge in [-0.2, -0.15) is 0 Å². The van der Waals surface area contributed by atoms with Gasteiger partial charge in [0, 0.05) is 30.9 Å². The van der Waals surface area contributed by atoms with E-state index in [-0.39, 0.29) is 0 Å². The monoisotopic (exact) mass is 248 g/mol. The van der Waals surface area contributed by atoms with E-state index in [0.717, 1.165) is 25.3 Å². The van der Waals surface area contributed by atoms with Crippen LogP contribution in [0.3, 0.4) is 0 Å². The van der Waals surface area contributed by atoms with Gasteiger partial charge in [-0.25, -0.2) is 0 Å². The van der Waals surface area contributed by atoms with Crippen molar-refractivity contribution in [1.82, 2.24) is 0 Å². The van der Waals surface area contributed by atoms with E-state index < -0.39 is 0 Å². The Morgan fingerprint density at radius 2 is 2.17 bits per heavy atom. The van der Waals surface area contributed by atoms with Gasteiger partial charge in [0.05, 0.1) is 7.11 Å². The Kier molecular flexibility index (Phi) is 4.12. The average molecular weight is 248 g/mol. The second-order valence-electron chi connectivity index (χ2n) is 5.43. The first-order valence-electron chi connectivity index (χ1n) is 6.80. The lowest BCUT2D eigenvalue weighted by molar-refractivity contribution is 0.407. The molecule has 0 bridgehead atoms. The Hall–Kier alpha value is -1.22. The van der Waals surface area contributed by atoms with Crippen molar-refractivity contribution >= 4 is 5.69 Å². The van der Waals surface area contributed by atoms with Crippen molar-refractivity contribution in [3.63, 3.8) is 0 Å². The molecule has 1 atom stereocenters. The summed E-state index contributed by atoms with van der Waals surface area (Å²) in [5.41, 5.74) is 8.53. The van der Waals surface area contributed by atoms with Gasteiger partial charge in [0.2, 0.25) is 0 Å². The van der Waals surface area contributed by atoms with E-state index in [1.165, 1.54) is 17.7 Å². The Morgan fingerprint density at radius 3 is 2.78 bits per heavy atom. The molecule has 0 amide bonds. The van der Waals surface area contributed by atoms with Crippen LogP contribution in [0.2, 0.25) is 0 Å². The van der Waals surface area contributed by atoms with Gasteiger partial charge < -0.3 is 15.4 Å². The highest BCUT2D eigenvalue weighted by molar-refractivity contribution is 5.55. The highest BCUT2D eigenvalue weighted by Crippen LogP contribution is 2.31. The first kappa shape index (κ1) is 13.2. The molecule has 0 saturated carbocycles. The third-order valence-corrected chi connectivity index (χ3v) is 3.66. The predicted molar refractivity (Wildman–Crippen MR) is 76.5 cm³/mol. The molecule has 1 aromatic rings. The quantitative estimate of drug-likeness (QED) is 0.894. The van der Waals surface area contributed by atoms with Crippen molar-refractivity contribution in [2.75, 3.05) is 25.1 Å². The number of benzene rings is 1. The predicted octanol–water partition coefficient (Wildman–Crippen LogP) is 2.75. The van der Waals surface area contributed by atoms with E-state index in [4.69, 9.17) is 10.5 Å². The molecule has 2 rings (SSSR count). The van der Waals surface area contributed by atoms with Crippen LogP contribution < -0.4 is 15.4 Å². The lowest BCUT2D eigenvalue weighted by Crippen LogP contribution is -2.42. The second kappa shape index (κ2) is 5.61. The average Bonchev–Trinajstić information content (AvgIpc) is 2.37. The second-order valence-corrected chi connectivity index (χ2v) is 5.43. The van der Waals surface area contributed by atoms with Crippen LogP contribution in [0.25, 0.3) is 0 Å². The minimum Gasteiger partial charge on any atom is -0.496 e. The summed E-state index contributed by atoms with van der Waals surface area (Å²) in [4.78, 5) is 2.36. The Labute approximate surface area is 110 Å². The molecule has 0 aliphatic carbocycles. The van der Waals surface area contributed by atoms with Gasteiger partial charge in [-0.3, -0.25) is 0 Å². The van der Waals surface area contributed by atoms with E-state index in [1.54, 1.807) is 7.11 Å². The maximum Gasteiger partial charge on any atom is 0.124 e. The number of hydrogen-bond acceptors (Lipinski definition) is 3. The van der Waals surface area contributed by atoms with Crippen LogP contribution in [0.15, 0.2) is 18.2 Å². The summed E-state index contributed by atoms with van der Waals surface area (Å²) in [6, 6.07) is 6.82. The molecule has 18 heavy (non-hydrogen) atoms. The molecule has 1 heterocycles. The SMILES string of the molecule is COc1cc(N2CCC[C@@H](N)C2)ccc1C(C)C. The lowest BCUT2D eigenvalue weighted by atomic mass is 10.0. The van der Waals surface area contributed by atoms with Gasteiger partial charge >= 0.3 is 0 Å². The van der Waals surface area contributed by atoms with Crippen molar-refractivity contribution < 1.29 is 4.74 Å². The number of nitrogens with zero attached hydrogens (tertiary/aromatic N) is 1. The van der Waals surface area contributed by atoms with Crippen LogP contribution in [0.1, 0.15) is 38.2 Å². The van der Waals surface area contributed by atoms with E-state index in [0.29, 0.717) is 12.0 Å². The normalized spacial score (nSPS) is 20.3. The minimum atomic E-state index is 0.300. The zero-order valence-corrected chi connectivity index (χ0v) is 11.6. The number of piperidine rings is 1. The number of hydrogen-bond donors (Lipinski definition) is 1. The van der Waals surface area contributed by atoms with Crippen LogP contribution in [-0.2, 0) is 0 Å². The van der Waals surface area contributed by atoms with Crippen molar-refractivity contribution in [2.24, 2.45) is 5.73 Å². The van der Waals surface area contributed by atoms with Gasteiger partial charge in [0.1, 0.15) is 5.75 Å². The van der Waals surface area contributed by atoms with Gasteiger partial charge in [0.25, 0.3) is 0 Å². The first-order chi connectivity index (χ1) is 8.61. The van der Waals surface area contributed by atoms with Crippen molar-refractivity contribution in [3.8, 4) is 5.75 Å². The zero-order valence-electron chi connectivity index (χ0n) is 11.6. The number of nitrogens with two attached hydrogens (primary N) is 1. The fraction of sp³-hybridized carbons (Fsp3) is 0.600. The number of anilines is 1. The fourth-order valence-electron chi connectivity index (χ4n) is 2.62. The summed E-state index contributed by atoms with van der Waals surface area (Å²) < 4.78 is 5.51. The van der Waals surface area contributed by atoms with Gasteiger partial charge in [-0.15, -0.1) is 0 Å². The topological polar surface area (TPSA) is 38.5 Å². The fourth-order valence-corrected chi connectivity index (χ4v) is 2.62. The van der Waals surface area contributed by atoms with Crippen LogP contribution >= 0.6 is 0 Å². The molecule has 1 saturated heterocycles. The standard InChI is InChI=1S/C15H24N2O/c1-11(2)14-7-6-13(9-15(14)18-3)17-8-4-5-12(16)10-17/h6-7,9,11-12H,4-5,8,10,16H2,1-3H3/t12-/m1/s1. The lowest BCUT2D eigenvalue weighted by Gasteiger charge is -2.33. The van der Waals surface area contributed by atoms with Gasteiger partial charge in [-0.05, 0) is 30.4 Å². The zero-order chi connectivity index (χ0) is 13.1. The van der Waals surface area contributed by atoms with Crippen LogP contribution in [0, 0.1) is 0 Å². The highest BCUT2D eigenvalue weighted by Gasteiger charge is 2.18. The van der Waals surface area contributed by atoms with E-state index in [1.807, 2.05) is 0 Å². The summed E-state index contributed by atoms with van der Waals surface area (Å²) in [5, 5.41) is 0. The van der Waals surface area contributed by atoms with Crippen molar-refractivity contribution in [2.45, 2.75) is 38.6 Å². The Bertz CT molecular complexity index is 403. The van der Waals surface area contributed by atoms with Crippen LogP contribution in [0.4, 0.5) is 5.69 Å². The molecule has 3 nitrogen and oxygen atoms in total. The first-order valence-corrected chi connectivity index (χ1v) is 6.80. The molecule has 3 heteroatoms. The third kappa shape index (κ3) is 2.78. The molecule has 0 aromatic heterocycles. The summed E-state index contributed by atoms with van der Waals surface area (Å²) in [6.45, 7) is 6.42. The van der Waals surface area contributed by atoms with E-state index in [9.17, 15) is 0 Å². The Balaban J connectivity index is 2.23. The summed E-state index contributed by atoms with van der Waals surface area (Å²) in [5.74, 6) is 1.47. The summed E-state index contributed by atoms with van der Waals surface area (Å²) in [7, 11) is 1.74. The number of ether oxygens (including phenoxy) is 1. The van der Waals surface area contributed by atoms with E-state index in [2.05, 4.69) is 36.9 Å². The molecule has 1 aliphatic heterocycles. The third-order valence-electron chi connectivity index (χ3n) is 3.66. The summed E-state index contributed by atoms with van der Waals surface area (Å²) >= 11 is 0. The van der Waals surface area contributed by atoms with Gasteiger partial charge in [0.15, 0.2) is 0 Å². The largest absolute Gasteiger partial charge is 0.496 e. The molecule has 1 aliphatic rings. The molecular weight excluding hydrogens is 224 g/mol. The van der Waals surface area contributed by atoms with Crippen LogP contribution in [-0.4, -0.2) is 26.2 Å². The molecule has 0 unspecified atom stereocenters. The van der Waals surface area contributed by atoms with Crippen LogP contribution in [0.5, 0.6) is 5.75 Å². The van der Waals surface area contributed by atoms with Crippen molar-refractivity contribution in [3.05, 3.63) is 23.8 Å². The van der Waals surface area contributed by atoms with Gasteiger partial charge in [-0.1, -0.05) is 19.9 Å². The highest BCUT2D eigenvalue weighted by atomic mass is 16.5. The molecule has 0 spiro atoms.